The van der Waals surface area contributed by atoms with Crippen LogP contribution in [0.3, 0.4) is 0 Å². The Hall–Kier alpha value is -2.14. The number of fused-ring (bicyclic) bond motifs is 1. The van der Waals surface area contributed by atoms with Crippen LogP contribution in [0.15, 0.2) is 24.5 Å². The second kappa shape index (κ2) is 5.33. The van der Waals surface area contributed by atoms with E-state index in [9.17, 15) is 0 Å². The van der Waals surface area contributed by atoms with Crippen LogP contribution in [0.2, 0.25) is 0 Å². The minimum atomic E-state index is 0.803. The molecule has 108 valence electrons. The average molecular weight is 299 g/mol. The fraction of sp³-hybridized carbons (Fsp3) is 0.250. The van der Waals surface area contributed by atoms with Gasteiger partial charge in [-0.3, -0.25) is 0 Å². The van der Waals surface area contributed by atoms with Gasteiger partial charge in [-0.1, -0.05) is 6.07 Å². The lowest BCUT2D eigenvalue weighted by molar-refractivity contribution is 0.416. The van der Waals surface area contributed by atoms with E-state index in [0.717, 1.165) is 27.5 Å². The molecule has 0 aliphatic rings. The largest absolute Gasteiger partial charge is 0.495 e. The molecule has 21 heavy (non-hydrogen) atoms. The lowest BCUT2D eigenvalue weighted by Crippen LogP contribution is -1.98. The van der Waals surface area contributed by atoms with Crippen LogP contribution in [0.1, 0.15) is 16.0 Å². The normalized spacial score (nSPS) is 10.9. The van der Waals surface area contributed by atoms with Crippen LogP contribution in [-0.2, 0) is 0 Å². The molecule has 5 heteroatoms. The van der Waals surface area contributed by atoms with Crippen molar-refractivity contribution in [2.45, 2.75) is 20.8 Å². The smallest absolute Gasteiger partial charge is 0.142 e. The Bertz CT molecular complexity index is 811. The maximum Gasteiger partial charge on any atom is 0.142 e. The lowest BCUT2D eigenvalue weighted by atomic mass is 10.2. The fourth-order valence-electron chi connectivity index (χ4n) is 2.32. The SMILES string of the molecule is COc1ccc(C)cc1Nc1ncnc2sc(C)c(C)c12. The summed E-state index contributed by atoms with van der Waals surface area (Å²) in [5.74, 6) is 1.63. The Balaban J connectivity index is 2.12. The van der Waals surface area contributed by atoms with Crippen LogP contribution in [0.25, 0.3) is 10.2 Å². The second-order valence-electron chi connectivity index (χ2n) is 5.01. The van der Waals surface area contributed by atoms with E-state index < -0.39 is 0 Å². The minimum absolute atomic E-state index is 0.803. The second-order valence-corrected chi connectivity index (χ2v) is 6.22. The van der Waals surface area contributed by atoms with Gasteiger partial charge >= 0.3 is 0 Å². The summed E-state index contributed by atoms with van der Waals surface area (Å²) in [6.45, 7) is 6.27. The van der Waals surface area contributed by atoms with Crippen LogP contribution in [-0.4, -0.2) is 17.1 Å². The topological polar surface area (TPSA) is 47.0 Å². The molecule has 0 saturated carbocycles. The maximum atomic E-state index is 5.42. The number of anilines is 2. The highest BCUT2D eigenvalue weighted by atomic mass is 32.1. The molecule has 2 aromatic heterocycles. The zero-order chi connectivity index (χ0) is 15.0. The van der Waals surface area contributed by atoms with E-state index in [0.29, 0.717) is 0 Å². The Morgan fingerprint density at radius 1 is 1.14 bits per heavy atom. The number of methoxy groups -OCH3 is 1. The predicted molar refractivity (Wildman–Crippen MR) is 87.9 cm³/mol. The van der Waals surface area contributed by atoms with Crippen LogP contribution >= 0.6 is 11.3 Å². The average Bonchev–Trinajstić information content (AvgIpc) is 2.75. The summed E-state index contributed by atoms with van der Waals surface area (Å²) in [5.41, 5.74) is 3.31. The molecular formula is C16H17N3OS. The Kier molecular flexibility index (Phi) is 3.51. The van der Waals surface area contributed by atoms with E-state index in [2.05, 4.69) is 42.1 Å². The van der Waals surface area contributed by atoms with E-state index in [1.54, 1.807) is 24.8 Å². The van der Waals surface area contributed by atoms with Gasteiger partial charge in [0.15, 0.2) is 0 Å². The van der Waals surface area contributed by atoms with Crippen molar-refractivity contribution in [3.8, 4) is 5.75 Å². The van der Waals surface area contributed by atoms with Gasteiger partial charge in [-0.15, -0.1) is 11.3 Å². The highest BCUT2D eigenvalue weighted by molar-refractivity contribution is 7.18. The molecule has 0 spiro atoms. The van der Waals surface area contributed by atoms with Gasteiger partial charge in [0.1, 0.15) is 22.7 Å². The van der Waals surface area contributed by atoms with E-state index in [1.807, 2.05) is 12.1 Å². The first kappa shape index (κ1) is 13.8. The molecule has 0 unspecified atom stereocenters. The number of aryl methyl sites for hydroxylation is 3. The molecule has 3 rings (SSSR count). The van der Waals surface area contributed by atoms with E-state index in [1.165, 1.54) is 16.0 Å². The Labute approximate surface area is 127 Å². The maximum absolute atomic E-state index is 5.42. The first-order chi connectivity index (χ1) is 10.1. The van der Waals surface area contributed by atoms with Gasteiger partial charge in [-0.25, -0.2) is 9.97 Å². The molecule has 0 aliphatic heterocycles. The molecule has 1 aromatic carbocycles. The summed E-state index contributed by atoms with van der Waals surface area (Å²) in [4.78, 5) is 11.0. The number of hydrogen-bond donors (Lipinski definition) is 1. The summed E-state index contributed by atoms with van der Waals surface area (Å²) in [6.07, 6.45) is 1.60. The van der Waals surface area contributed by atoms with E-state index >= 15 is 0 Å². The molecule has 0 radical (unpaired) electrons. The van der Waals surface area contributed by atoms with Crippen molar-refractivity contribution in [3.63, 3.8) is 0 Å². The molecule has 0 saturated heterocycles. The van der Waals surface area contributed by atoms with Gasteiger partial charge in [0.25, 0.3) is 0 Å². The number of thiophene rings is 1. The highest BCUT2D eigenvalue weighted by Gasteiger charge is 2.13. The van der Waals surface area contributed by atoms with Gasteiger partial charge in [0, 0.05) is 4.88 Å². The van der Waals surface area contributed by atoms with Gasteiger partial charge in [-0.05, 0) is 44.0 Å². The van der Waals surface area contributed by atoms with Gasteiger partial charge in [0.2, 0.25) is 0 Å². The number of hydrogen-bond acceptors (Lipinski definition) is 5. The van der Waals surface area contributed by atoms with Gasteiger partial charge < -0.3 is 10.1 Å². The molecule has 0 aliphatic carbocycles. The number of nitrogens with one attached hydrogen (secondary N) is 1. The van der Waals surface area contributed by atoms with Crippen molar-refractivity contribution in [2.24, 2.45) is 0 Å². The number of nitrogens with zero attached hydrogens (tertiary/aromatic N) is 2. The summed E-state index contributed by atoms with van der Waals surface area (Å²) >= 11 is 1.69. The number of benzene rings is 1. The molecule has 1 N–H and O–H groups in total. The molecule has 0 bridgehead atoms. The van der Waals surface area contributed by atoms with Crippen molar-refractivity contribution in [2.75, 3.05) is 12.4 Å². The fourth-order valence-corrected chi connectivity index (χ4v) is 3.32. The van der Waals surface area contributed by atoms with Crippen LogP contribution < -0.4 is 10.1 Å². The zero-order valence-electron chi connectivity index (χ0n) is 12.5. The number of ether oxygens (including phenoxy) is 1. The summed E-state index contributed by atoms with van der Waals surface area (Å²) in [7, 11) is 1.67. The Morgan fingerprint density at radius 3 is 2.71 bits per heavy atom. The van der Waals surface area contributed by atoms with Crippen LogP contribution in [0.4, 0.5) is 11.5 Å². The van der Waals surface area contributed by atoms with Crippen molar-refractivity contribution in [3.05, 3.63) is 40.5 Å². The molecular weight excluding hydrogens is 282 g/mol. The van der Waals surface area contributed by atoms with Crippen molar-refractivity contribution >= 4 is 33.1 Å². The quantitative estimate of drug-likeness (QED) is 0.780. The third kappa shape index (κ3) is 2.45. The van der Waals surface area contributed by atoms with E-state index in [-0.39, 0.29) is 0 Å². The molecule has 2 heterocycles. The first-order valence-corrected chi connectivity index (χ1v) is 7.54. The highest BCUT2D eigenvalue weighted by Crippen LogP contribution is 2.35. The molecule has 4 nitrogen and oxygen atoms in total. The van der Waals surface area contributed by atoms with Crippen molar-refractivity contribution in [1.82, 2.24) is 9.97 Å². The third-order valence-corrected chi connectivity index (χ3v) is 4.69. The van der Waals surface area contributed by atoms with E-state index in [4.69, 9.17) is 4.74 Å². The van der Waals surface area contributed by atoms with Crippen molar-refractivity contribution in [1.29, 1.82) is 0 Å². The molecule has 0 atom stereocenters. The van der Waals surface area contributed by atoms with Gasteiger partial charge in [-0.2, -0.15) is 0 Å². The summed E-state index contributed by atoms with van der Waals surface area (Å²) in [6, 6.07) is 6.04. The van der Waals surface area contributed by atoms with Crippen LogP contribution in [0, 0.1) is 20.8 Å². The van der Waals surface area contributed by atoms with Crippen molar-refractivity contribution < 1.29 is 4.74 Å². The number of rotatable bonds is 3. The first-order valence-electron chi connectivity index (χ1n) is 6.72. The van der Waals surface area contributed by atoms with Gasteiger partial charge in [0.05, 0.1) is 18.2 Å². The number of aromatic nitrogens is 2. The Morgan fingerprint density at radius 2 is 1.95 bits per heavy atom. The zero-order valence-corrected chi connectivity index (χ0v) is 13.3. The molecule has 0 fully saturated rings. The lowest BCUT2D eigenvalue weighted by Gasteiger charge is -2.12. The summed E-state index contributed by atoms with van der Waals surface area (Å²) < 4.78 is 5.42. The third-order valence-electron chi connectivity index (χ3n) is 3.57. The monoisotopic (exact) mass is 299 g/mol. The standard InChI is InChI=1S/C16H17N3OS/c1-9-5-6-13(20-4)12(7-9)19-15-14-10(2)11(3)21-16(14)18-8-17-15/h5-8H,1-4H3,(H,17,18,19). The van der Waals surface area contributed by atoms with Crippen LogP contribution in [0.5, 0.6) is 5.75 Å². The molecule has 0 amide bonds. The minimum Gasteiger partial charge on any atom is -0.495 e. The molecule has 3 aromatic rings. The predicted octanol–water partition coefficient (Wildman–Crippen LogP) is 4.37. The summed E-state index contributed by atoms with van der Waals surface area (Å²) in [5, 5.41) is 4.48.